The first-order valence-corrected chi connectivity index (χ1v) is 6.96. The molecule has 2 aliphatic rings. The van der Waals surface area contributed by atoms with Crippen molar-refractivity contribution >= 4 is 12.0 Å². The summed E-state index contributed by atoms with van der Waals surface area (Å²) in [4.78, 5) is 16.9. The van der Waals surface area contributed by atoms with Crippen LogP contribution >= 0.6 is 0 Å². The van der Waals surface area contributed by atoms with Gasteiger partial charge in [0.2, 0.25) is 0 Å². The SMILES string of the molecule is CC1C=C[C@H](C)C=C2C(=O)[C@@H](C)/N=C/CC(C)C21. The summed E-state index contributed by atoms with van der Waals surface area (Å²) in [6, 6.07) is -0.219. The minimum Gasteiger partial charge on any atom is -0.292 e. The van der Waals surface area contributed by atoms with Gasteiger partial charge in [0.15, 0.2) is 5.78 Å². The Morgan fingerprint density at radius 3 is 2.61 bits per heavy atom. The van der Waals surface area contributed by atoms with Gasteiger partial charge in [0, 0.05) is 0 Å². The topological polar surface area (TPSA) is 29.4 Å². The summed E-state index contributed by atoms with van der Waals surface area (Å²) in [7, 11) is 0. The molecule has 0 radical (unpaired) electrons. The van der Waals surface area contributed by atoms with Crippen LogP contribution in [0.4, 0.5) is 0 Å². The molecular weight excluding hydrogens is 222 g/mol. The van der Waals surface area contributed by atoms with Crippen LogP contribution in [0, 0.1) is 23.7 Å². The molecule has 0 bridgehead atoms. The zero-order chi connectivity index (χ0) is 13.3. The van der Waals surface area contributed by atoms with Crippen LogP contribution in [0.3, 0.4) is 0 Å². The van der Waals surface area contributed by atoms with E-state index in [1.165, 1.54) is 0 Å². The third-order valence-electron chi connectivity index (χ3n) is 4.17. The quantitative estimate of drug-likeness (QED) is 0.601. The molecule has 0 aromatic rings. The lowest BCUT2D eigenvalue weighted by atomic mass is 9.74. The molecule has 0 N–H and O–H groups in total. The first-order valence-electron chi connectivity index (χ1n) is 6.96. The van der Waals surface area contributed by atoms with Crippen LogP contribution in [-0.4, -0.2) is 18.0 Å². The molecule has 0 aromatic heterocycles. The first kappa shape index (κ1) is 13.3. The smallest absolute Gasteiger partial charge is 0.182 e. The van der Waals surface area contributed by atoms with Crippen molar-refractivity contribution in [2.75, 3.05) is 0 Å². The zero-order valence-electron chi connectivity index (χ0n) is 11.8. The average molecular weight is 245 g/mol. The normalized spacial score (nSPS) is 42.3. The van der Waals surface area contributed by atoms with Crippen molar-refractivity contribution < 1.29 is 4.79 Å². The Hall–Kier alpha value is -1.18. The van der Waals surface area contributed by atoms with Gasteiger partial charge in [-0.25, -0.2) is 0 Å². The fourth-order valence-electron chi connectivity index (χ4n) is 3.12. The van der Waals surface area contributed by atoms with Crippen molar-refractivity contribution in [1.29, 1.82) is 0 Å². The van der Waals surface area contributed by atoms with E-state index >= 15 is 0 Å². The van der Waals surface area contributed by atoms with Gasteiger partial charge in [0.05, 0.1) is 0 Å². The molecule has 3 unspecified atom stereocenters. The van der Waals surface area contributed by atoms with Crippen LogP contribution in [0.15, 0.2) is 28.8 Å². The molecule has 2 nitrogen and oxygen atoms in total. The van der Waals surface area contributed by atoms with Gasteiger partial charge in [0.1, 0.15) is 6.04 Å². The van der Waals surface area contributed by atoms with E-state index in [4.69, 9.17) is 0 Å². The number of rotatable bonds is 0. The van der Waals surface area contributed by atoms with Gasteiger partial charge in [-0.15, -0.1) is 0 Å². The molecule has 0 aromatic carbocycles. The van der Waals surface area contributed by atoms with Gasteiger partial charge in [-0.05, 0) is 48.8 Å². The van der Waals surface area contributed by atoms with Crippen LogP contribution in [0.2, 0.25) is 0 Å². The average Bonchev–Trinajstić information content (AvgIpc) is 2.47. The maximum absolute atomic E-state index is 12.5. The van der Waals surface area contributed by atoms with Crippen LogP contribution < -0.4 is 0 Å². The number of Topliss-reactive ketones (excluding diaryl/α,β-unsaturated/α-hetero) is 1. The minimum absolute atomic E-state index is 0.213. The Kier molecular flexibility index (Phi) is 3.84. The van der Waals surface area contributed by atoms with Gasteiger partial charge in [-0.3, -0.25) is 9.79 Å². The van der Waals surface area contributed by atoms with Crippen LogP contribution in [0.25, 0.3) is 0 Å². The second-order valence-electron chi connectivity index (χ2n) is 5.84. The number of ketones is 1. The van der Waals surface area contributed by atoms with E-state index in [9.17, 15) is 4.79 Å². The molecule has 1 aliphatic carbocycles. The van der Waals surface area contributed by atoms with Crippen LogP contribution in [0.5, 0.6) is 0 Å². The van der Waals surface area contributed by atoms with Gasteiger partial charge >= 0.3 is 0 Å². The largest absolute Gasteiger partial charge is 0.292 e. The monoisotopic (exact) mass is 245 g/mol. The lowest BCUT2D eigenvalue weighted by molar-refractivity contribution is -0.117. The summed E-state index contributed by atoms with van der Waals surface area (Å²) >= 11 is 0. The molecule has 2 heteroatoms. The van der Waals surface area contributed by atoms with Crippen molar-refractivity contribution in [2.45, 2.75) is 40.2 Å². The number of carbonyl (C=O) groups excluding carboxylic acids is 1. The third-order valence-corrected chi connectivity index (χ3v) is 4.17. The summed E-state index contributed by atoms with van der Waals surface area (Å²) in [5, 5.41) is 0. The fraction of sp³-hybridized carbons (Fsp3) is 0.625. The van der Waals surface area contributed by atoms with Crippen molar-refractivity contribution in [3.8, 4) is 0 Å². The Labute approximate surface area is 110 Å². The molecule has 18 heavy (non-hydrogen) atoms. The van der Waals surface area contributed by atoms with Crippen molar-refractivity contribution in [1.82, 2.24) is 0 Å². The highest BCUT2D eigenvalue weighted by Gasteiger charge is 2.33. The number of hydrogen-bond acceptors (Lipinski definition) is 2. The predicted molar refractivity (Wildman–Crippen MR) is 75.8 cm³/mol. The molecule has 1 heterocycles. The highest BCUT2D eigenvalue weighted by Crippen LogP contribution is 2.36. The molecule has 0 amide bonds. The van der Waals surface area contributed by atoms with Crippen LogP contribution in [0.1, 0.15) is 34.1 Å². The van der Waals surface area contributed by atoms with E-state index in [0.29, 0.717) is 23.7 Å². The Balaban J connectivity index is 2.47. The molecule has 1 aliphatic heterocycles. The summed E-state index contributed by atoms with van der Waals surface area (Å²) < 4.78 is 0. The minimum atomic E-state index is -0.219. The van der Waals surface area contributed by atoms with E-state index in [-0.39, 0.29) is 11.8 Å². The second kappa shape index (κ2) is 5.21. The number of hydrogen-bond donors (Lipinski definition) is 0. The number of allylic oxidation sites excluding steroid dienone is 3. The number of aliphatic imine (C=N–C) groups is 1. The van der Waals surface area contributed by atoms with Crippen molar-refractivity contribution in [2.24, 2.45) is 28.7 Å². The molecule has 98 valence electrons. The van der Waals surface area contributed by atoms with E-state index < -0.39 is 0 Å². The van der Waals surface area contributed by atoms with Crippen molar-refractivity contribution in [3.05, 3.63) is 23.8 Å². The lowest BCUT2D eigenvalue weighted by Crippen LogP contribution is -2.31. The molecule has 5 atom stereocenters. The summed E-state index contributed by atoms with van der Waals surface area (Å²) in [5.74, 6) is 1.80. The Morgan fingerprint density at radius 1 is 1.17 bits per heavy atom. The zero-order valence-corrected chi connectivity index (χ0v) is 11.8. The fourth-order valence-corrected chi connectivity index (χ4v) is 3.12. The van der Waals surface area contributed by atoms with Crippen molar-refractivity contribution in [3.63, 3.8) is 0 Å². The lowest BCUT2D eigenvalue weighted by Gasteiger charge is -2.30. The number of nitrogens with zero attached hydrogens (tertiary/aromatic N) is 1. The molecule has 0 saturated carbocycles. The first-order chi connectivity index (χ1) is 8.50. The van der Waals surface area contributed by atoms with E-state index in [1.54, 1.807) is 0 Å². The molecular formula is C16H23NO. The van der Waals surface area contributed by atoms with Gasteiger partial charge in [-0.2, -0.15) is 0 Å². The Morgan fingerprint density at radius 2 is 1.89 bits per heavy atom. The molecule has 0 saturated heterocycles. The third kappa shape index (κ3) is 2.47. The van der Waals surface area contributed by atoms with Gasteiger partial charge in [0.25, 0.3) is 0 Å². The highest BCUT2D eigenvalue weighted by atomic mass is 16.1. The van der Waals surface area contributed by atoms with E-state index in [2.05, 4.69) is 44.0 Å². The van der Waals surface area contributed by atoms with E-state index in [1.807, 2.05) is 13.1 Å². The summed E-state index contributed by atoms with van der Waals surface area (Å²) in [6.07, 6.45) is 9.54. The van der Waals surface area contributed by atoms with Crippen LogP contribution in [-0.2, 0) is 4.79 Å². The molecule has 0 fully saturated rings. The number of fused-ring (bicyclic) bond motifs is 1. The van der Waals surface area contributed by atoms with Gasteiger partial charge in [-0.1, -0.05) is 39.0 Å². The predicted octanol–water partition coefficient (Wildman–Crippen LogP) is 3.44. The van der Waals surface area contributed by atoms with E-state index in [0.717, 1.165) is 12.0 Å². The summed E-state index contributed by atoms with van der Waals surface area (Å²) in [6.45, 7) is 8.50. The maximum Gasteiger partial charge on any atom is 0.182 e. The maximum atomic E-state index is 12.5. The standard InChI is InChI=1S/C16H23NO/c1-10-5-6-11(2)15-12(3)7-8-17-13(4)16(18)14(15)9-10/h5-6,8-13,15H,7H2,1-4H3/b17-8+/t10-,11?,12?,13+,15?/m0/s1. The summed E-state index contributed by atoms with van der Waals surface area (Å²) in [5.41, 5.74) is 1.01. The molecule has 2 rings (SSSR count). The highest BCUT2D eigenvalue weighted by molar-refractivity contribution is 6.01. The second-order valence-corrected chi connectivity index (χ2v) is 5.84. The number of carbonyl (C=O) groups is 1. The molecule has 0 spiro atoms. The van der Waals surface area contributed by atoms with Gasteiger partial charge < -0.3 is 0 Å². The Bertz CT molecular complexity index is 419.